The summed E-state index contributed by atoms with van der Waals surface area (Å²) in [5.74, 6) is -1.32. The summed E-state index contributed by atoms with van der Waals surface area (Å²) in [6.45, 7) is 3.25. The van der Waals surface area contributed by atoms with Gasteiger partial charge in [0, 0.05) is 18.3 Å². The molecular formula is C21H19F6N3O3. The van der Waals surface area contributed by atoms with Gasteiger partial charge in [-0.25, -0.2) is 9.78 Å². The zero-order valence-electron chi connectivity index (χ0n) is 17.4. The lowest BCUT2D eigenvalue weighted by Crippen LogP contribution is -2.41. The number of benzene rings is 1. The van der Waals surface area contributed by atoms with E-state index in [0.717, 1.165) is 24.3 Å². The fraction of sp³-hybridized carbons (Fsp3) is 0.381. The van der Waals surface area contributed by atoms with Gasteiger partial charge in [-0.2, -0.15) is 13.2 Å². The number of rotatable bonds is 6. The standard InChI is InChI=1S/C21H19F6N3O3/c1-12(2)16-10-30(18-7-6-14(9-28-18)20(22,23)24)19(32)29(16)11-17(31)13-4-3-5-15(8-13)33-21(25,26)27/h3-9,12,16H,10-11H2,1-2H3/t16-/m1/s1. The van der Waals surface area contributed by atoms with Crippen LogP contribution in [0, 0.1) is 5.92 Å². The molecule has 0 radical (unpaired) electrons. The largest absolute Gasteiger partial charge is 0.573 e. The lowest BCUT2D eigenvalue weighted by atomic mass is 10.0. The average molecular weight is 475 g/mol. The fourth-order valence-electron chi connectivity index (χ4n) is 3.43. The second kappa shape index (κ2) is 8.91. The van der Waals surface area contributed by atoms with Gasteiger partial charge in [-0.15, -0.1) is 13.2 Å². The van der Waals surface area contributed by atoms with Crippen molar-refractivity contribution in [2.45, 2.75) is 32.4 Å². The van der Waals surface area contributed by atoms with Crippen molar-refractivity contribution < 1.29 is 40.7 Å². The highest BCUT2D eigenvalue weighted by Crippen LogP contribution is 2.31. The normalized spacial score (nSPS) is 17.1. The van der Waals surface area contributed by atoms with Crippen molar-refractivity contribution in [3.05, 3.63) is 53.7 Å². The molecule has 1 aliphatic rings. The molecule has 2 amide bonds. The molecule has 0 bridgehead atoms. The monoisotopic (exact) mass is 475 g/mol. The highest BCUT2D eigenvalue weighted by Gasteiger charge is 2.41. The highest BCUT2D eigenvalue weighted by molar-refractivity contribution is 6.02. The van der Waals surface area contributed by atoms with Crippen molar-refractivity contribution in [2.24, 2.45) is 5.92 Å². The van der Waals surface area contributed by atoms with Crippen LogP contribution in [0.1, 0.15) is 29.8 Å². The van der Waals surface area contributed by atoms with Gasteiger partial charge in [-0.05, 0) is 30.2 Å². The summed E-state index contributed by atoms with van der Waals surface area (Å²) in [5.41, 5.74) is -1.05. The zero-order chi connectivity index (χ0) is 24.6. The number of alkyl halides is 6. The number of ether oxygens (including phenoxy) is 1. The lowest BCUT2D eigenvalue weighted by molar-refractivity contribution is -0.274. The van der Waals surface area contributed by atoms with Gasteiger partial charge in [-0.1, -0.05) is 26.0 Å². The molecule has 0 unspecified atom stereocenters. The molecule has 1 aromatic heterocycles. The third-order valence-corrected chi connectivity index (χ3v) is 5.07. The second-order valence-electron chi connectivity index (χ2n) is 7.73. The Morgan fingerprint density at radius 3 is 2.39 bits per heavy atom. The minimum Gasteiger partial charge on any atom is -0.406 e. The summed E-state index contributed by atoms with van der Waals surface area (Å²) in [7, 11) is 0. The zero-order valence-corrected chi connectivity index (χ0v) is 17.4. The van der Waals surface area contributed by atoms with Gasteiger partial charge in [-0.3, -0.25) is 9.69 Å². The molecule has 1 saturated heterocycles. The number of hydrogen-bond donors (Lipinski definition) is 0. The molecule has 0 aliphatic carbocycles. The Bertz CT molecular complexity index is 1020. The molecule has 0 saturated carbocycles. The Kier molecular flexibility index (Phi) is 6.57. The van der Waals surface area contributed by atoms with E-state index in [4.69, 9.17) is 0 Å². The van der Waals surface area contributed by atoms with Crippen LogP contribution < -0.4 is 9.64 Å². The molecule has 3 rings (SSSR count). The number of halogens is 6. The minimum atomic E-state index is -4.93. The molecule has 1 aliphatic heterocycles. The number of ketones is 1. The van der Waals surface area contributed by atoms with E-state index < -0.39 is 48.3 Å². The summed E-state index contributed by atoms with van der Waals surface area (Å²) >= 11 is 0. The first-order chi connectivity index (χ1) is 15.3. The number of carbonyl (C=O) groups excluding carboxylic acids is 2. The van der Waals surface area contributed by atoms with Gasteiger partial charge in [0.15, 0.2) is 5.78 Å². The minimum absolute atomic E-state index is 0.00539. The Labute approximate surface area is 184 Å². The van der Waals surface area contributed by atoms with E-state index in [9.17, 15) is 35.9 Å². The predicted molar refractivity (Wildman–Crippen MR) is 105 cm³/mol. The summed E-state index contributed by atoms with van der Waals surface area (Å²) < 4.78 is 79.6. The van der Waals surface area contributed by atoms with Crippen LogP contribution in [0.5, 0.6) is 5.75 Å². The number of aromatic nitrogens is 1. The molecule has 2 aromatic rings. The third kappa shape index (κ3) is 5.74. The second-order valence-corrected chi connectivity index (χ2v) is 7.73. The highest BCUT2D eigenvalue weighted by atomic mass is 19.4. The van der Waals surface area contributed by atoms with Gasteiger partial charge < -0.3 is 9.64 Å². The van der Waals surface area contributed by atoms with E-state index in [2.05, 4.69) is 9.72 Å². The number of hydrogen-bond acceptors (Lipinski definition) is 4. The van der Waals surface area contributed by atoms with Crippen molar-refractivity contribution in [3.63, 3.8) is 0 Å². The van der Waals surface area contributed by atoms with Crippen molar-refractivity contribution in [2.75, 3.05) is 18.0 Å². The molecule has 1 atom stereocenters. The lowest BCUT2D eigenvalue weighted by Gasteiger charge is -2.25. The van der Waals surface area contributed by atoms with Crippen LogP contribution in [0.25, 0.3) is 0 Å². The van der Waals surface area contributed by atoms with Gasteiger partial charge in [0.25, 0.3) is 0 Å². The van der Waals surface area contributed by atoms with Crippen molar-refractivity contribution in [1.29, 1.82) is 0 Å². The number of pyridine rings is 1. The van der Waals surface area contributed by atoms with E-state index in [1.54, 1.807) is 13.8 Å². The number of nitrogens with zero attached hydrogens (tertiary/aromatic N) is 3. The number of urea groups is 1. The Morgan fingerprint density at radius 1 is 1.15 bits per heavy atom. The Hall–Kier alpha value is -3.31. The van der Waals surface area contributed by atoms with Crippen LogP contribution in [0.15, 0.2) is 42.6 Å². The number of amides is 2. The third-order valence-electron chi connectivity index (χ3n) is 5.07. The maximum atomic E-state index is 13.0. The molecule has 12 heteroatoms. The van der Waals surface area contributed by atoms with Crippen LogP contribution in [0.2, 0.25) is 0 Å². The van der Waals surface area contributed by atoms with Crippen molar-refractivity contribution in [3.8, 4) is 5.75 Å². The van der Waals surface area contributed by atoms with E-state index in [1.165, 1.54) is 21.9 Å². The molecule has 2 heterocycles. The van der Waals surface area contributed by atoms with Crippen LogP contribution in [-0.2, 0) is 6.18 Å². The molecule has 0 spiro atoms. The summed E-state index contributed by atoms with van der Waals surface area (Å²) in [6, 6.07) is 5.25. The quantitative estimate of drug-likeness (QED) is 0.428. The first-order valence-electron chi connectivity index (χ1n) is 9.76. The summed E-state index contributed by atoms with van der Waals surface area (Å²) in [4.78, 5) is 31.9. The maximum Gasteiger partial charge on any atom is 0.573 e. The van der Waals surface area contributed by atoms with E-state index in [1.807, 2.05) is 0 Å². The number of anilines is 1. The van der Waals surface area contributed by atoms with E-state index in [-0.39, 0.29) is 23.8 Å². The smallest absolute Gasteiger partial charge is 0.406 e. The van der Waals surface area contributed by atoms with Gasteiger partial charge in [0.2, 0.25) is 0 Å². The molecule has 1 aromatic carbocycles. The SMILES string of the molecule is CC(C)[C@H]1CN(c2ccc(C(F)(F)F)cn2)C(=O)N1CC(=O)c1cccc(OC(F)(F)F)c1. The van der Waals surface area contributed by atoms with Gasteiger partial charge >= 0.3 is 18.6 Å². The molecule has 178 valence electrons. The fourth-order valence-corrected chi connectivity index (χ4v) is 3.43. The van der Waals surface area contributed by atoms with E-state index >= 15 is 0 Å². The summed E-state index contributed by atoms with van der Waals surface area (Å²) in [6.07, 6.45) is -8.89. The van der Waals surface area contributed by atoms with Crippen LogP contribution in [0.4, 0.5) is 37.0 Å². The molecule has 1 fully saturated rings. The van der Waals surface area contributed by atoms with Crippen LogP contribution in [0.3, 0.4) is 0 Å². The van der Waals surface area contributed by atoms with Crippen molar-refractivity contribution >= 4 is 17.6 Å². The molecule has 6 nitrogen and oxygen atoms in total. The first kappa shape index (κ1) is 24.3. The summed E-state index contributed by atoms with van der Waals surface area (Å²) in [5, 5.41) is 0. The average Bonchev–Trinajstić information content (AvgIpc) is 3.03. The van der Waals surface area contributed by atoms with Crippen LogP contribution >= 0.6 is 0 Å². The molecular weight excluding hydrogens is 456 g/mol. The maximum absolute atomic E-state index is 13.0. The molecule has 0 N–H and O–H groups in total. The number of Topliss-reactive ketones (excluding diaryl/α,β-unsaturated/α-hetero) is 1. The van der Waals surface area contributed by atoms with Crippen LogP contribution in [-0.4, -0.2) is 47.2 Å². The Morgan fingerprint density at radius 2 is 1.85 bits per heavy atom. The van der Waals surface area contributed by atoms with Gasteiger partial charge in [0.05, 0.1) is 18.2 Å². The predicted octanol–water partition coefficient (Wildman–Crippen LogP) is 5.15. The van der Waals surface area contributed by atoms with Gasteiger partial charge in [0.1, 0.15) is 11.6 Å². The van der Waals surface area contributed by atoms with Crippen molar-refractivity contribution in [1.82, 2.24) is 9.88 Å². The molecule has 33 heavy (non-hydrogen) atoms. The first-order valence-corrected chi connectivity index (χ1v) is 9.76. The topological polar surface area (TPSA) is 62.7 Å². The Balaban J connectivity index is 1.80. The van der Waals surface area contributed by atoms with E-state index in [0.29, 0.717) is 6.20 Å². The number of carbonyl (C=O) groups is 2.